The Morgan fingerprint density at radius 2 is 1.76 bits per heavy atom. The molecule has 1 heterocycles. The molecule has 0 spiro atoms. The van der Waals surface area contributed by atoms with E-state index in [1.807, 2.05) is 20.8 Å². The minimum Gasteiger partial charge on any atom is -0.304 e. The molecule has 0 aromatic rings. The standard InChI is InChI=1S/C12H23NO.C3H8/c1-9-8-10(6-7-13(9)5)11(14)12(2,3)4;1-3-2/h9-10H,6-8H2,1-5H3;3H2,1-2H3/t9-,10?;/m0./s1. The molecule has 0 aromatic carbocycles. The predicted molar refractivity (Wildman–Crippen MR) is 75.2 cm³/mol. The van der Waals surface area contributed by atoms with Gasteiger partial charge >= 0.3 is 0 Å². The molecule has 1 aliphatic rings. The predicted octanol–water partition coefficient (Wildman–Crippen LogP) is 3.75. The maximum Gasteiger partial charge on any atom is 0.141 e. The van der Waals surface area contributed by atoms with Crippen LogP contribution in [0.1, 0.15) is 60.8 Å². The second-order valence-electron chi connectivity index (χ2n) is 6.37. The van der Waals surface area contributed by atoms with E-state index in [2.05, 4.69) is 32.7 Å². The van der Waals surface area contributed by atoms with Gasteiger partial charge in [-0.2, -0.15) is 0 Å². The first-order chi connectivity index (χ1) is 7.73. The van der Waals surface area contributed by atoms with Gasteiger partial charge in [-0.3, -0.25) is 4.79 Å². The monoisotopic (exact) mass is 241 g/mol. The Bertz CT molecular complexity index is 230. The summed E-state index contributed by atoms with van der Waals surface area (Å²) in [6.07, 6.45) is 3.32. The third-order valence-electron chi connectivity index (χ3n) is 3.32. The van der Waals surface area contributed by atoms with Crippen LogP contribution in [0.4, 0.5) is 0 Å². The number of hydrogen-bond donors (Lipinski definition) is 0. The smallest absolute Gasteiger partial charge is 0.141 e. The molecule has 0 saturated carbocycles. The zero-order chi connectivity index (χ0) is 13.6. The van der Waals surface area contributed by atoms with Crippen molar-refractivity contribution in [1.29, 1.82) is 0 Å². The van der Waals surface area contributed by atoms with Gasteiger partial charge in [0.2, 0.25) is 0 Å². The van der Waals surface area contributed by atoms with Crippen LogP contribution in [-0.4, -0.2) is 30.3 Å². The summed E-state index contributed by atoms with van der Waals surface area (Å²) in [7, 11) is 2.14. The maximum atomic E-state index is 12.1. The van der Waals surface area contributed by atoms with Crippen LogP contribution in [0, 0.1) is 11.3 Å². The van der Waals surface area contributed by atoms with Gasteiger partial charge in [-0.25, -0.2) is 0 Å². The summed E-state index contributed by atoms with van der Waals surface area (Å²) >= 11 is 0. The van der Waals surface area contributed by atoms with Crippen molar-refractivity contribution in [2.24, 2.45) is 11.3 Å². The molecule has 0 bridgehead atoms. The topological polar surface area (TPSA) is 20.3 Å². The summed E-state index contributed by atoms with van der Waals surface area (Å²) in [5.41, 5.74) is -0.166. The lowest BCUT2D eigenvalue weighted by atomic mass is 9.77. The SMILES string of the molecule is CCC.C[C@H]1CC(C(=O)C(C)(C)C)CCN1C. The molecule has 1 saturated heterocycles. The first kappa shape index (κ1) is 16.6. The van der Waals surface area contributed by atoms with Gasteiger partial charge in [-0.15, -0.1) is 0 Å². The number of carbonyl (C=O) groups excluding carboxylic acids is 1. The molecular weight excluding hydrogens is 210 g/mol. The van der Waals surface area contributed by atoms with Crippen molar-refractivity contribution in [3.63, 3.8) is 0 Å². The molecule has 1 fully saturated rings. The molecule has 2 atom stereocenters. The van der Waals surface area contributed by atoms with Gasteiger partial charge < -0.3 is 4.90 Å². The van der Waals surface area contributed by atoms with Crippen molar-refractivity contribution < 1.29 is 4.79 Å². The number of nitrogens with zero attached hydrogens (tertiary/aromatic N) is 1. The van der Waals surface area contributed by atoms with Crippen LogP contribution >= 0.6 is 0 Å². The molecular formula is C15H31NO. The van der Waals surface area contributed by atoms with E-state index in [-0.39, 0.29) is 5.41 Å². The van der Waals surface area contributed by atoms with Gasteiger partial charge in [-0.05, 0) is 33.4 Å². The molecule has 2 nitrogen and oxygen atoms in total. The van der Waals surface area contributed by atoms with Crippen LogP contribution in [0.2, 0.25) is 0 Å². The van der Waals surface area contributed by atoms with Crippen LogP contribution in [0.25, 0.3) is 0 Å². The molecule has 102 valence electrons. The van der Waals surface area contributed by atoms with Crippen LogP contribution in [0.15, 0.2) is 0 Å². The summed E-state index contributed by atoms with van der Waals surface area (Å²) in [4.78, 5) is 14.4. The lowest BCUT2D eigenvalue weighted by molar-refractivity contribution is -0.132. The van der Waals surface area contributed by atoms with Crippen LogP contribution in [0.3, 0.4) is 0 Å². The van der Waals surface area contributed by atoms with Crippen molar-refractivity contribution in [2.45, 2.75) is 66.8 Å². The van der Waals surface area contributed by atoms with E-state index in [0.717, 1.165) is 19.4 Å². The number of likely N-dealkylation sites (tertiary alicyclic amines) is 1. The summed E-state index contributed by atoms with van der Waals surface area (Å²) < 4.78 is 0. The van der Waals surface area contributed by atoms with E-state index in [9.17, 15) is 4.79 Å². The van der Waals surface area contributed by atoms with E-state index in [1.54, 1.807) is 0 Å². The molecule has 0 aliphatic carbocycles. The van der Waals surface area contributed by atoms with Gasteiger partial charge in [-0.1, -0.05) is 41.0 Å². The number of rotatable bonds is 1. The van der Waals surface area contributed by atoms with Crippen molar-refractivity contribution >= 4 is 5.78 Å². The molecule has 1 aliphatic heterocycles. The first-order valence-electron chi connectivity index (χ1n) is 6.98. The lowest BCUT2D eigenvalue weighted by Gasteiger charge is -2.36. The fraction of sp³-hybridized carbons (Fsp3) is 0.933. The first-order valence-corrected chi connectivity index (χ1v) is 6.98. The van der Waals surface area contributed by atoms with Gasteiger partial charge in [0.1, 0.15) is 5.78 Å². The number of hydrogen-bond acceptors (Lipinski definition) is 2. The fourth-order valence-electron chi connectivity index (χ4n) is 2.14. The highest BCUT2D eigenvalue weighted by molar-refractivity contribution is 5.86. The molecule has 0 amide bonds. The quantitative estimate of drug-likeness (QED) is 0.697. The van der Waals surface area contributed by atoms with Crippen LogP contribution in [0.5, 0.6) is 0 Å². The van der Waals surface area contributed by atoms with Crippen molar-refractivity contribution in [2.75, 3.05) is 13.6 Å². The van der Waals surface area contributed by atoms with E-state index in [4.69, 9.17) is 0 Å². The molecule has 1 unspecified atom stereocenters. The maximum absolute atomic E-state index is 12.1. The Kier molecular flexibility index (Phi) is 6.99. The average Bonchev–Trinajstić information content (AvgIpc) is 2.21. The Morgan fingerprint density at radius 3 is 2.12 bits per heavy atom. The Hall–Kier alpha value is -0.370. The number of carbonyl (C=O) groups is 1. The summed E-state index contributed by atoms with van der Waals surface area (Å²) in [6, 6.07) is 0.556. The highest BCUT2D eigenvalue weighted by Crippen LogP contribution is 2.29. The normalized spacial score (nSPS) is 26.1. The second kappa shape index (κ2) is 7.15. The summed E-state index contributed by atoms with van der Waals surface area (Å²) in [5.74, 6) is 0.735. The summed E-state index contributed by atoms with van der Waals surface area (Å²) in [6.45, 7) is 13.6. The largest absolute Gasteiger partial charge is 0.304 e. The van der Waals surface area contributed by atoms with Crippen LogP contribution < -0.4 is 0 Å². The Labute approximate surface area is 108 Å². The highest BCUT2D eigenvalue weighted by Gasteiger charge is 2.33. The lowest BCUT2D eigenvalue weighted by Crippen LogP contribution is -2.42. The van der Waals surface area contributed by atoms with E-state index < -0.39 is 0 Å². The Balaban J connectivity index is 0.000000770. The zero-order valence-corrected chi connectivity index (χ0v) is 12.8. The van der Waals surface area contributed by atoms with Gasteiger partial charge in [0.25, 0.3) is 0 Å². The van der Waals surface area contributed by atoms with Gasteiger partial charge in [0.05, 0.1) is 0 Å². The van der Waals surface area contributed by atoms with E-state index >= 15 is 0 Å². The third kappa shape index (κ3) is 5.67. The zero-order valence-electron chi connectivity index (χ0n) is 12.8. The number of piperidine rings is 1. The van der Waals surface area contributed by atoms with Crippen molar-refractivity contribution in [1.82, 2.24) is 4.90 Å². The highest BCUT2D eigenvalue weighted by atomic mass is 16.1. The molecule has 17 heavy (non-hydrogen) atoms. The van der Waals surface area contributed by atoms with Crippen molar-refractivity contribution in [3.05, 3.63) is 0 Å². The Morgan fingerprint density at radius 1 is 1.29 bits per heavy atom. The second-order valence-corrected chi connectivity index (χ2v) is 6.37. The van der Waals surface area contributed by atoms with Gasteiger partial charge in [0, 0.05) is 17.4 Å². The van der Waals surface area contributed by atoms with Crippen LogP contribution in [-0.2, 0) is 4.79 Å². The fourth-order valence-corrected chi connectivity index (χ4v) is 2.14. The van der Waals surface area contributed by atoms with Gasteiger partial charge in [0.15, 0.2) is 0 Å². The minimum atomic E-state index is -0.166. The molecule has 2 heteroatoms. The van der Waals surface area contributed by atoms with E-state index in [1.165, 1.54) is 6.42 Å². The average molecular weight is 241 g/mol. The molecule has 0 aromatic heterocycles. The molecule has 1 rings (SSSR count). The summed E-state index contributed by atoms with van der Waals surface area (Å²) in [5, 5.41) is 0. The van der Waals surface area contributed by atoms with E-state index in [0.29, 0.717) is 17.7 Å². The molecule has 0 radical (unpaired) electrons. The molecule has 0 N–H and O–H groups in total. The third-order valence-corrected chi connectivity index (χ3v) is 3.32. The number of Topliss-reactive ketones (excluding diaryl/α,β-unsaturated/α-hetero) is 1. The number of ketones is 1. The minimum absolute atomic E-state index is 0.166. The van der Waals surface area contributed by atoms with Crippen molar-refractivity contribution in [3.8, 4) is 0 Å².